The first kappa shape index (κ1) is 14.7. The van der Waals surface area contributed by atoms with E-state index in [-0.39, 0.29) is 5.91 Å². The highest BCUT2D eigenvalue weighted by Gasteiger charge is 2.26. The van der Waals surface area contributed by atoms with Gasteiger partial charge in [-0.05, 0) is 43.4 Å². The van der Waals surface area contributed by atoms with Gasteiger partial charge in [-0.3, -0.25) is 4.79 Å². The van der Waals surface area contributed by atoms with E-state index in [9.17, 15) is 4.79 Å². The van der Waals surface area contributed by atoms with E-state index in [1.165, 1.54) is 6.42 Å². The Bertz CT molecular complexity index is 485. The Morgan fingerprint density at radius 3 is 2.80 bits per heavy atom. The molecule has 1 saturated heterocycles. The van der Waals surface area contributed by atoms with E-state index < -0.39 is 0 Å². The van der Waals surface area contributed by atoms with E-state index in [0.717, 1.165) is 24.7 Å². The van der Waals surface area contributed by atoms with Crippen LogP contribution < -0.4 is 16.0 Å². The lowest BCUT2D eigenvalue weighted by Crippen LogP contribution is -2.24. The SMILES string of the molecule is CCNC(=O)c1ccc(N2CCC(C(C)C)C2)c(N)c1. The molecule has 0 aliphatic carbocycles. The molecule has 4 nitrogen and oxygen atoms in total. The quantitative estimate of drug-likeness (QED) is 0.830. The number of carbonyl (C=O) groups is 1. The highest BCUT2D eigenvalue weighted by atomic mass is 16.1. The number of rotatable bonds is 4. The molecule has 3 N–H and O–H groups in total. The smallest absolute Gasteiger partial charge is 0.251 e. The van der Waals surface area contributed by atoms with E-state index in [0.29, 0.717) is 23.7 Å². The third-order valence-corrected chi connectivity index (χ3v) is 4.14. The summed E-state index contributed by atoms with van der Waals surface area (Å²) in [6.45, 7) is 9.19. The van der Waals surface area contributed by atoms with E-state index in [1.807, 2.05) is 19.1 Å². The third-order valence-electron chi connectivity index (χ3n) is 4.14. The van der Waals surface area contributed by atoms with E-state index in [1.54, 1.807) is 6.07 Å². The minimum Gasteiger partial charge on any atom is -0.397 e. The number of anilines is 2. The molecule has 0 saturated carbocycles. The molecule has 1 heterocycles. The Morgan fingerprint density at radius 2 is 2.25 bits per heavy atom. The van der Waals surface area contributed by atoms with Crippen LogP contribution in [-0.4, -0.2) is 25.5 Å². The van der Waals surface area contributed by atoms with E-state index in [4.69, 9.17) is 5.73 Å². The van der Waals surface area contributed by atoms with Gasteiger partial charge in [-0.1, -0.05) is 13.8 Å². The van der Waals surface area contributed by atoms with Crippen LogP contribution in [0.4, 0.5) is 11.4 Å². The fourth-order valence-electron chi connectivity index (χ4n) is 2.80. The molecular formula is C16H25N3O. The Morgan fingerprint density at radius 1 is 1.50 bits per heavy atom. The second-order valence-corrected chi connectivity index (χ2v) is 5.87. The first-order chi connectivity index (χ1) is 9.52. The van der Waals surface area contributed by atoms with Gasteiger partial charge in [-0.25, -0.2) is 0 Å². The predicted octanol–water partition coefficient (Wildman–Crippen LogP) is 2.50. The Hall–Kier alpha value is -1.71. The average molecular weight is 275 g/mol. The van der Waals surface area contributed by atoms with Crippen LogP contribution in [0.15, 0.2) is 18.2 Å². The highest BCUT2D eigenvalue weighted by Crippen LogP contribution is 2.32. The van der Waals surface area contributed by atoms with Crippen molar-refractivity contribution >= 4 is 17.3 Å². The molecule has 1 aromatic rings. The normalized spacial score (nSPS) is 18.6. The number of hydrogen-bond donors (Lipinski definition) is 2. The van der Waals surface area contributed by atoms with E-state index in [2.05, 4.69) is 24.1 Å². The summed E-state index contributed by atoms with van der Waals surface area (Å²) >= 11 is 0. The molecule has 1 aliphatic heterocycles. The lowest BCUT2D eigenvalue weighted by atomic mass is 9.95. The lowest BCUT2D eigenvalue weighted by molar-refractivity contribution is 0.0956. The van der Waals surface area contributed by atoms with Crippen molar-refractivity contribution < 1.29 is 4.79 Å². The topological polar surface area (TPSA) is 58.4 Å². The molecule has 0 bridgehead atoms. The number of carbonyl (C=O) groups excluding carboxylic acids is 1. The lowest BCUT2D eigenvalue weighted by Gasteiger charge is -2.22. The van der Waals surface area contributed by atoms with Gasteiger partial charge in [0.2, 0.25) is 0 Å². The van der Waals surface area contributed by atoms with Gasteiger partial charge in [0.25, 0.3) is 5.91 Å². The van der Waals surface area contributed by atoms with Crippen LogP contribution in [0.2, 0.25) is 0 Å². The fraction of sp³-hybridized carbons (Fsp3) is 0.562. The molecule has 0 radical (unpaired) electrons. The first-order valence-electron chi connectivity index (χ1n) is 7.45. The summed E-state index contributed by atoms with van der Waals surface area (Å²) in [6, 6.07) is 5.62. The predicted molar refractivity (Wildman–Crippen MR) is 84.0 cm³/mol. The van der Waals surface area contributed by atoms with Gasteiger partial charge < -0.3 is 16.0 Å². The molecule has 1 aromatic carbocycles. The summed E-state index contributed by atoms with van der Waals surface area (Å²) < 4.78 is 0. The van der Waals surface area contributed by atoms with Gasteiger partial charge >= 0.3 is 0 Å². The minimum atomic E-state index is -0.0628. The summed E-state index contributed by atoms with van der Waals surface area (Å²) in [4.78, 5) is 14.1. The second-order valence-electron chi connectivity index (χ2n) is 5.87. The van der Waals surface area contributed by atoms with Crippen LogP contribution in [-0.2, 0) is 0 Å². The Balaban J connectivity index is 2.13. The number of amides is 1. The summed E-state index contributed by atoms with van der Waals surface area (Å²) in [5.74, 6) is 1.38. The number of nitrogens with one attached hydrogen (secondary N) is 1. The molecule has 0 aromatic heterocycles. The van der Waals surface area contributed by atoms with Crippen molar-refractivity contribution in [1.82, 2.24) is 5.32 Å². The second kappa shape index (κ2) is 6.16. The number of nitrogens with two attached hydrogens (primary N) is 1. The van der Waals surface area contributed by atoms with Crippen LogP contribution in [0.5, 0.6) is 0 Å². The van der Waals surface area contributed by atoms with Crippen LogP contribution in [0.3, 0.4) is 0 Å². The van der Waals surface area contributed by atoms with Crippen molar-refractivity contribution in [1.29, 1.82) is 0 Å². The molecule has 20 heavy (non-hydrogen) atoms. The number of nitrogen functional groups attached to an aromatic ring is 1. The van der Waals surface area contributed by atoms with Crippen molar-refractivity contribution in [2.75, 3.05) is 30.3 Å². The standard InChI is InChI=1S/C16H25N3O/c1-4-18-16(20)12-5-6-15(14(17)9-12)19-8-7-13(10-19)11(2)3/h5-6,9,11,13H,4,7-8,10,17H2,1-3H3,(H,18,20). The highest BCUT2D eigenvalue weighted by molar-refractivity contribution is 5.96. The van der Waals surface area contributed by atoms with Gasteiger partial charge in [-0.15, -0.1) is 0 Å². The number of benzene rings is 1. The summed E-state index contributed by atoms with van der Waals surface area (Å²) in [6.07, 6.45) is 1.22. The maximum absolute atomic E-state index is 11.8. The van der Waals surface area contributed by atoms with Crippen molar-refractivity contribution in [2.24, 2.45) is 11.8 Å². The van der Waals surface area contributed by atoms with E-state index >= 15 is 0 Å². The van der Waals surface area contributed by atoms with Crippen molar-refractivity contribution in [3.05, 3.63) is 23.8 Å². The Labute approximate surface area is 121 Å². The zero-order valence-electron chi connectivity index (χ0n) is 12.6. The zero-order chi connectivity index (χ0) is 14.7. The summed E-state index contributed by atoms with van der Waals surface area (Å²) in [5.41, 5.74) is 8.52. The number of hydrogen-bond acceptors (Lipinski definition) is 3. The van der Waals surface area contributed by atoms with Crippen LogP contribution in [0, 0.1) is 11.8 Å². The van der Waals surface area contributed by atoms with Crippen molar-refractivity contribution in [3.8, 4) is 0 Å². The molecule has 0 spiro atoms. The van der Waals surface area contributed by atoms with Crippen LogP contribution >= 0.6 is 0 Å². The maximum Gasteiger partial charge on any atom is 0.251 e. The monoisotopic (exact) mass is 275 g/mol. The molecule has 4 heteroatoms. The van der Waals surface area contributed by atoms with Crippen LogP contribution in [0.25, 0.3) is 0 Å². The fourth-order valence-corrected chi connectivity index (χ4v) is 2.80. The molecule has 1 atom stereocenters. The first-order valence-corrected chi connectivity index (χ1v) is 7.45. The largest absolute Gasteiger partial charge is 0.397 e. The van der Waals surface area contributed by atoms with Crippen molar-refractivity contribution in [2.45, 2.75) is 27.2 Å². The summed E-state index contributed by atoms with van der Waals surface area (Å²) in [5, 5.41) is 2.79. The van der Waals surface area contributed by atoms with Gasteiger partial charge in [0, 0.05) is 25.2 Å². The van der Waals surface area contributed by atoms with Gasteiger partial charge in [0.15, 0.2) is 0 Å². The average Bonchev–Trinajstić information content (AvgIpc) is 2.88. The maximum atomic E-state index is 11.8. The van der Waals surface area contributed by atoms with Crippen molar-refractivity contribution in [3.63, 3.8) is 0 Å². The third kappa shape index (κ3) is 3.06. The van der Waals surface area contributed by atoms with Crippen LogP contribution in [0.1, 0.15) is 37.6 Å². The molecular weight excluding hydrogens is 250 g/mol. The Kier molecular flexibility index (Phi) is 4.53. The molecule has 1 unspecified atom stereocenters. The minimum absolute atomic E-state index is 0.0628. The molecule has 1 amide bonds. The van der Waals surface area contributed by atoms with Gasteiger partial charge in [-0.2, -0.15) is 0 Å². The van der Waals surface area contributed by atoms with Gasteiger partial charge in [0.1, 0.15) is 0 Å². The number of nitrogens with zero attached hydrogens (tertiary/aromatic N) is 1. The summed E-state index contributed by atoms with van der Waals surface area (Å²) in [7, 11) is 0. The molecule has 1 fully saturated rings. The molecule has 110 valence electrons. The van der Waals surface area contributed by atoms with Gasteiger partial charge in [0.05, 0.1) is 11.4 Å². The molecule has 1 aliphatic rings. The zero-order valence-corrected chi connectivity index (χ0v) is 12.6. The molecule has 2 rings (SSSR count).